The molecule has 0 aliphatic carbocycles. The molecule has 0 saturated carbocycles. The smallest absolute Gasteiger partial charge is 0.143 e. The highest BCUT2D eigenvalue weighted by Gasteiger charge is 2.26. The van der Waals surface area contributed by atoms with Crippen LogP contribution < -0.4 is 5.32 Å². The molecule has 0 amide bonds. The third-order valence-corrected chi connectivity index (χ3v) is 4.55. The number of hydrogen-bond acceptors (Lipinski definition) is 6. The Hall–Kier alpha value is -0.790. The third kappa shape index (κ3) is 2.73. The number of hydrogen-bond donors (Lipinski definition) is 1. The minimum Gasteiger partial charge on any atom is -0.360 e. The van der Waals surface area contributed by atoms with Gasteiger partial charge in [-0.1, -0.05) is 11.6 Å². The summed E-state index contributed by atoms with van der Waals surface area (Å²) in [4.78, 5) is 11.9. The molecule has 1 fully saturated rings. The zero-order chi connectivity index (χ0) is 13.2. The number of nitrogens with one attached hydrogen (secondary N) is 1. The first-order valence-corrected chi connectivity index (χ1v) is 7.39. The van der Waals surface area contributed by atoms with E-state index in [-0.39, 0.29) is 11.7 Å². The molecule has 0 aromatic carbocycles. The molecule has 1 N–H and O–H groups in total. The van der Waals surface area contributed by atoms with Crippen molar-refractivity contribution in [1.29, 1.82) is 0 Å². The molecule has 0 spiro atoms. The van der Waals surface area contributed by atoms with E-state index in [4.69, 9.17) is 16.3 Å². The van der Waals surface area contributed by atoms with Crippen molar-refractivity contribution in [2.24, 2.45) is 0 Å². The number of ether oxygens (including phenoxy) is 1. The van der Waals surface area contributed by atoms with Gasteiger partial charge in [-0.05, 0) is 13.1 Å². The van der Waals surface area contributed by atoms with Crippen LogP contribution in [0.2, 0.25) is 0 Å². The Morgan fingerprint density at radius 1 is 1.63 bits per heavy atom. The molecule has 2 unspecified atom stereocenters. The van der Waals surface area contributed by atoms with E-state index in [1.54, 1.807) is 17.7 Å². The predicted molar refractivity (Wildman–Crippen MR) is 76.4 cm³/mol. The molecule has 19 heavy (non-hydrogen) atoms. The minimum atomic E-state index is -0.237. The Morgan fingerprint density at radius 3 is 3.26 bits per heavy atom. The lowest BCUT2D eigenvalue weighted by Gasteiger charge is -2.35. The second-order valence-corrected chi connectivity index (χ2v) is 5.99. The second-order valence-electron chi connectivity index (χ2n) is 4.39. The van der Waals surface area contributed by atoms with Gasteiger partial charge in [0.2, 0.25) is 0 Å². The van der Waals surface area contributed by atoms with Crippen LogP contribution in [0.4, 0.5) is 0 Å². The van der Waals surface area contributed by atoms with Gasteiger partial charge >= 0.3 is 0 Å². The first kappa shape index (κ1) is 13.2. The van der Waals surface area contributed by atoms with E-state index in [1.807, 2.05) is 13.2 Å². The first-order valence-electron chi connectivity index (χ1n) is 6.14. The summed E-state index contributed by atoms with van der Waals surface area (Å²) in [5.74, 6) is 0. The molecule has 3 rings (SSSR count). The van der Waals surface area contributed by atoms with Gasteiger partial charge in [-0.25, -0.2) is 9.97 Å². The van der Waals surface area contributed by atoms with Crippen molar-refractivity contribution in [3.8, 4) is 0 Å². The maximum absolute atomic E-state index is 6.07. The number of halogens is 1. The summed E-state index contributed by atoms with van der Waals surface area (Å²) in [7, 11) is 1.96. The van der Waals surface area contributed by atoms with E-state index in [9.17, 15) is 0 Å². The first-order chi connectivity index (χ1) is 9.28. The number of thiophene rings is 1. The Labute approximate surface area is 120 Å². The molecule has 2 aromatic heterocycles. The largest absolute Gasteiger partial charge is 0.360 e. The van der Waals surface area contributed by atoms with Crippen molar-refractivity contribution >= 4 is 33.2 Å². The summed E-state index contributed by atoms with van der Waals surface area (Å²) in [5.41, 5.74) is 0.754. The lowest BCUT2D eigenvalue weighted by molar-refractivity contribution is -0.00984. The van der Waals surface area contributed by atoms with Crippen LogP contribution in [0.1, 0.15) is 11.0 Å². The highest BCUT2D eigenvalue weighted by Crippen LogP contribution is 2.30. The van der Waals surface area contributed by atoms with E-state index >= 15 is 0 Å². The number of nitrogens with zero attached hydrogens (tertiary/aromatic N) is 3. The molecule has 1 aliphatic rings. The fourth-order valence-electron chi connectivity index (χ4n) is 2.30. The molecule has 5 nitrogen and oxygen atoms in total. The van der Waals surface area contributed by atoms with Crippen LogP contribution in [0.25, 0.3) is 10.2 Å². The van der Waals surface area contributed by atoms with E-state index in [1.165, 1.54) is 4.88 Å². The molecular formula is C12H15ClN4OS. The van der Waals surface area contributed by atoms with Crippen LogP contribution in [-0.2, 0) is 4.74 Å². The molecule has 0 radical (unpaired) electrons. The molecule has 1 saturated heterocycles. The molecule has 1 aliphatic heterocycles. The number of morpholine rings is 1. The number of rotatable bonds is 3. The van der Waals surface area contributed by atoms with Gasteiger partial charge in [0.25, 0.3) is 0 Å². The van der Waals surface area contributed by atoms with Crippen molar-refractivity contribution in [3.05, 3.63) is 23.5 Å². The van der Waals surface area contributed by atoms with Crippen LogP contribution in [0.3, 0.4) is 0 Å². The second kappa shape index (κ2) is 5.68. The Kier molecular flexibility index (Phi) is 3.95. The Morgan fingerprint density at radius 2 is 2.53 bits per heavy atom. The fourth-order valence-corrected chi connectivity index (χ4v) is 3.70. The lowest BCUT2D eigenvalue weighted by atomic mass is 10.3. The van der Waals surface area contributed by atoms with Crippen LogP contribution in [0, 0.1) is 0 Å². The van der Waals surface area contributed by atoms with Crippen molar-refractivity contribution in [2.45, 2.75) is 11.7 Å². The standard InChI is InChI=1S/C12H15ClN4OS/c1-14-12(17-2-3-18-11(13)6-17)9-4-8-10(19-9)5-15-7-16-8/h4-5,7,11-12,14H,2-3,6H2,1H3. The SMILES string of the molecule is CNC(c1cc2ncncc2s1)N1CCOC(Cl)C1. The number of fused-ring (bicyclic) bond motifs is 1. The average molecular weight is 299 g/mol. The van der Waals surface area contributed by atoms with E-state index < -0.39 is 0 Å². The van der Waals surface area contributed by atoms with Crippen molar-refractivity contribution < 1.29 is 4.74 Å². The average Bonchev–Trinajstić information content (AvgIpc) is 2.83. The zero-order valence-electron chi connectivity index (χ0n) is 10.5. The molecular weight excluding hydrogens is 284 g/mol. The van der Waals surface area contributed by atoms with E-state index in [2.05, 4.69) is 26.3 Å². The van der Waals surface area contributed by atoms with Crippen LogP contribution in [0.5, 0.6) is 0 Å². The summed E-state index contributed by atoms with van der Waals surface area (Å²) in [6.45, 7) is 2.25. The van der Waals surface area contributed by atoms with Gasteiger partial charge in [0.1, 0.15) is 11.9 Å². The molecule has 3 heterocycles. The van der Waals surface area contributed by atoms with E-state index in [0.717, 1.165) is 16.8 Å². The molecule has 0 bridgehead atoms. The van der Waals surface area contributed by atoms with Crippen LogP contribution >= 0.6 is 22.9 Å². The number of aromatic nitrogens is 2. The van der Waals surface area contributed by atoms with Gasteiger partial charge in [-0.2, -0.15) is 0 Å². The summed E-state index contributed by atoms with van der Waals surface area (Å²) in [5, 5.41) is 3.34. The lowest BCUT2D eigenvalue weighted by Crippen LogP contribution is -2.45. The van der Waals surface area contributed by atoms with Gasteiger partial charge in [0.15, 0.2) is 0 Å². The molecule has 7 heteroatoms. The van der Waals surface area contributed by atoms with Crippen molar-refractivity contribution in [2.75, 3.05) is 26.7 Å². The minimum absolute atomic E-state index is 0.143. The normalized spacial score (nSPS) is 22.7. The summed E-state index contributed by atoms with van der Waals surface area (Å²) >= 11 is 7.78. The summed E-state index contributed by atoms with van der Waals surface area (Å²) in [6.07, 6.45) is 3.58. The Bertz CT molecular complexity index is 530. The monoisotopic (exact) mass is 298 g/mol. The maximum Gasteiger partial charge on any atom is 0.143 e. The van der Waals surface area contributed by atoms with Crippen molar-refractivity contribution in [1.82, 2.24) is 20.2 Å². The third-order valence-electron chi connectivity index (χ3n) is 3.18. The quantitative estimate of drug-likeness (QED) is 0.876. The molecule has 2 atom stereocenters. The zero-order valence-corrected chi connectivity index (χ0v) is 12.1. The Balaban J connectivity index is 1.88. The van der Waals surface area contributed by atoms with Crippen molar-refractivity contribution in [3.63, 3.8) is 0 Å². The van der Waals surface area contributed by atoms with Crippen LogP contribution in [-0.4, -0.2) is 47.2 Å². The van der Waals surface area contributed by atoms with Gasteiger partial charge < -0.3 is 10.1 Å². The topological polar surface area (TPSA) is 50.3 Å². The predicted octanol–water partition coefficient (Wildman–Crippen LogP) is 1.81. The highest BCUT2D eigenvalue weighted by molar-refractivity contribution is 7.19. The summed E-state index contributed by atoms with van der Waals surface area (Å²) in [6, 6.07) is 2.11. The van der Waals surface area contributed by atoms with E-state index in [0.29, 0.717) is 13.2 Å². The van der Waals surface area contributed by atoms with Gasteiger partial charge in [0, 0.05) is 24.2 Å². The van der Waals surface area contributed by atoms with Gasteiger partial charge in [-0.15, -0.1) is 11.3 Å². The highest BCUT2D eigenvalue weighted by atomic mass is 35.5. The molecule has 102 valence electrons. The summed E-state index contributed by atoms with van der Waals surface area (Å²) < 4.78 is 6.48. The molecule has 2 aromatic rings. The van der Waals surface area contributed by atoms with Gasteiger partial charge in [0.05, 0.1) is 23.0 Å². The van der Waals surface area contributed by atoms with Gasteiger partial charge in [-0.3, -0.25) is 4.90 Å². The van der Waals surface area contributed by atoms with Crippen LogP contribution in [0.15, 0.2) is 18.6 Å². The fraction of sp³-hybridized carbons (Fsp3) is 0.500. The maximum atomic E-state index is 6.07. The number of alkyl halides is 1.